The Balaban J connectivity index is 1.54. The third kappa shape index (κ3) is 3.89. The number of imidazole rings is 1. The van der Waals surface area contributed by atoms with Gasteiger partial charge in [-0.25, -0.2) is 4.98 Å². The summed E-state index contributed by atoms with van der Waals surface area (Å²) in [6.07, 6.45) is 3.70. The third-order valence-electron chi connectivity index (χ3n) is 5.64. The minimum absolute atomic E-state index is 0.0141. The van der Waals surface area contributed by atoms with E-state index in [0.29, 0.717) is 0 Å². The van der Waals surface area contributed by atoms with Crippen LogP contribution in [0.5, 0.6) is 0 Å². The number of likely N-dealkylation sites (N-methyl/N-ethyl adjacent to an activating group) is 1. The minimum Gasteiger partial charge on any atom is -0.361 e. The topological polar surface area (TPSA) is 85.6 Å². The first-order chi connectivity index (χ1) is 14.1. The number of anilines is 1. The number of nitrogens with zero attached hydrogens (tertiary/aromatic N) is 1. The largest absolute Gasteiger partial charge is 0.361 e. The first kappa shape index (κ1) is 19.2. The van der Waals surface area contributed by atoms with Gasteiger partial charge in [0.25, 0.3) is 0 Å². The molecule has 0 fully saturated rings. The third-order valence-corrected chi connectivity index (χ3v) is 5.64. The van der Waals surface area contributed by atoms with E-state index in [9.17, 15) is 4.79 Å². The number of fused-ring (bicyclic) bond motifs is 2. The van der Waals surface area contributed by atoms with Crippen LogP contribution in [0.4, 0.5) is 5.69 Å². The van der Waals surface area contributed by atoms with Gasteiger partial charge in [0.15, 0.2) is 0 Å². The molecule has 0 spiro atoms. The lowest BCUT2D eigenvalue weighted by Gasteiger charge is -2.21. The van der Waals surface area contributed by atoms with E-state index in [4.69, 9.17) is 4.98 Å². The molecule has 2 aromatic carbocycles. The second kappa shape index (κ2) is 8.09. The van der Waals surface area contributed by atoms with E-state index in [2.05, 4.69) is 46.6 Å². The van der Waals surface area contributed by atoms with Crippen molar-refractivity contribution >= 4 is 33.5 Å². The first-order valence-corrected chi connectivity index (χ1v) is 10.1. The lowest BCUT2D eigenvalue weighted by molar-refractivity contribution is -0.119. The molecule has 0 aliphatic carbocycles. The van der Waals surface area contributed by atoms with Crippen LogP contribution in [-0.2, 0) is 11.2 Å². The number of benzene rings is 2. The maximum absolute atomic E-state index is 12.6. The quantitative estimate of drug-likeness (QED) is 0.382. The monoisotopic (exact) mass is 389 g/mol. The standard InChI is InChI=1S/C23H27N5O/c1-4-14(2)22(24-3)23(29)26-16-9-10-19-20(12-16)28-21(27-19)11-15-13-25-18-8-6-5-7-17(15)18/h5-10,12-14,22,24-25H,4,11H2,1-3H3,(H,26,29)(H,27,28)/t14-,22-/m0/s1. The number of carbonyl (C=O) groups excluding carboxylic acids is 1. The molecule has 150 valence electrons. The second-order valence-electron chi connectivity index (χ2n) is 7.59. The Bertz CT molecular complexity index is 1140. The second-order valence-corrected chi connectivity index (χ2v) is 7.59. The summed E-state index contributed by atoms with van der Waals surface area (Å²) >= 11 is 0. The highest BCUT2D eigenvalue weighted by Gasteiger charge is 2.22. The van der Waals surface area contributed by atoms with Gasteiger partial charge in [0.1, 0.15) is 5.82 Å². The van der Waals surface area contributed by atoms with E-state index in [-0.39, 0.29) is 17.9 Å². The molecule has 1 amide bonds. The number of carbonyl (C=O) groups is 1. The summed E-state index contributed by atoms with van der Waals surface area (Å²) in [4.78, 5) is 24.0. The van der Waals surface area contributed by atoms with Crippen molar-refractivity contribution in [3.63, 3.8) is 0 Å². The molecule has 2 heterocycles. The zero-order valence-corrected chi connectivity index (χ0v) is 17.0. The van der Waals surface area contributed by atoms with Gasteiger partial charge in [-0.2, -0.15) is 0 Å². The first-order valence-electron chi connectivity index (χ1n) is 10.1. The van der Waals surface area contributed by atoms with Crippen LogP contribution in [-0.4, -0.2) is 33.9 Å². The van der Waals surface area contributed by atoms with E-state index in [1.807, 2.05) is 43.6 Å². The summed E-state index contributed by atoms with van der Waals surface area (Å²) in [5.74, 6) is 1.15. The molecule has 29 heavy (non-hydrogen) atoms. The van der Waals surface area contributed by atoms with Crippen LogP contribution in [0.2, 0.25) is 0 Å². The van der Waals surface area contributed by atoms with Crippen molar-refractivity contribution in [3.8, 4) is 0 Å². The van der Waals surface area contributed by atoms with E-state index >= 15 is 0 Å². The molecule has 0 unspecified atom stereocenters. The normalized spacial score (nSPS) is 13.6. The fourth-order valence-corrected chi connectivity index (χ4v) is 3.81. The summed E-state index contributed by atoms with van der Waals surface area (Å²) in [6, 6.07) is 13.8. The minimum atomic E-state index is -0.213. The van der Waals surface area contributed by atoms with Gasteiger partial charge < -0.3 is 20.6 Å². The van der Waals surface area contributed by atoms with Gasteiger partial charge in [-0.3, -0.25) is 4.79 Å². The maximum atomic E-state index is 12.6. The molecule has 6 nitrogen and oxygen atoms in total. The van der Waals surface area contributed by atoms with E-state index in [1.54, 1.807) is 0 Å². The predicted molar refractivity (Wildman–Crippen MR) is 118 cm³/mol. The fraction of sp³-hybridized carbons (Fsp3) is 0.304. The number of amides is 1. The molecule has 4 aromatic rings. The summed E-state index contributed by atoms with van der Waals surface area (Å²) in [5, 5.41) is 7.36. The molecule has 0 saturated heterocycles. The predicted octanol–water partition coefficient (Wildman–Crippen LogP) is 4.21. The van der Waals surface area contributed by atoms with Crippen molar-refractivity contribution < 1.29 is 4.79 Å². The Hall–Kier alpha value is -3.12. The highest BCUT2D eigenvalue weighted by molar-refractivity contribution is 5.96. The smallest absolute Gasteiger partial charge is 0.241 e. The van der Waals surface area contributed by atoms with Crippen LogP contribution in [0.1, 0.15) is 31.7 Å². The Morgan fingerprint density at radius 3 is 2.79 bits per heavy atom. The van der Waals surface area contributed by atoms with Crippen LogP contribution >= 0.6 is 0 Å². The Kier molecular flexibility index (Phi) is 5.36. The SMILES string of the molecule is CC[C@H](C)[C@H](NC)C(=O)Nc1ccc2nc(Cc3c[nH]c4ccccc34)[nH]c2c1. The number of aromatic nitrogens is 3. The Morgan fingerprint density at radius 1 is 1.17 bits per heavy atom. The van der Waals surface area contributed by atoms with Crippen molar-refractivity contribution in [1.29, 1.82) is 0 Å². The number of rotatable bonds is 7. The van der Waals surface area contributed by atoms with Gasteiger partial charge in [-0.05, 0) is 42.8 Å². The molecule has 0 aliphatic rings. The molecular weight excluding hydrogens is 362 g/mol. The van der Waals surface area contributed by atoms with Crippen LogP contribution in [0, 0.1) is 5.92 Å². The zero-order valence-electron chi connectivity index (χ0n) is 17.0. The molecular formula is C23H27N5O. The van der Waals surface area contributed by atoms with Crippen LogP contribution in [0.15, 0.2) is 48.7 Å². The van der Waals surface area contributed by atoms with Crippen LogP contribution in [0.3, 0.4) is 0 Å². The van der Waals surface area contributed by atoms with Crippen molar-refractivity contribution in [2.75, 3.05) is 12.4 Å². The highest BCUT2D eigenvalue weighted by Crippen LogP contribution is 2.23. The van der Waals surface area contributed by atoms with E-state index < -0.39 is 0 Å². The van der Waals surface area contributed by atoms with Gasteiger partial charge in [-0.1, -0.05) is 38.5 Å². The molecule has 0 bridgehead atoms. The summed E-state index contributed by atoms with van der Waals surface area (Å²) in [6.45, 7) is 4.17. The molecule has 2 atom stereocenters. The summed E-state index contributed by atoms with van der Waals surface area (Å²) in [5.41, 5.74) is 4.92. The Morgan fingerprint density at radius 2 is 2.00 bits per heavy atom. The van der Waals surface area contributed by atoms with Crippen LogP contribution in [0.25, 0.3) is 21.9 Å². The van der Waals surface area contributed by atoms with Crippen LogP contribution < -0.4 is 10.6 Å². The molecule has 0 aliphatic heterocycles. The summed E-state index contributed by atoms with van der Waals surface area (Å²) in [7, 11) is 1.82. The number of hydrogen-bond acceptors (Lipinski definition) is 3. The number of nitrogens with one attached hydrogen (secondary N) is 4. The van der Waals surface area contributed by atoms with Crippen molar-refractivity contribution in [2.24, 2.45) is 5.92 Å². The fourth-order valence-electron chi connectivity index (χ4n) is 3.81. The van der Waals surface area contributed by atoms with Crippen molar-refractivity contribution in [2.45, 2.75) is 32.7 Å². The lowest BCUT2D eigenvalue weighted by Crippen LogP contribution is -2.43. The van der Waals surface area contributed by atoms with Gasteiger partial charge in [0.2, 0.25) is 5.91 Å². The Labute approximate surface area is 170 Å². The number of hydrogen-bond donors (Lipinski definition) is 4. The number of H-pyrrole nitrogens is 2. The van der Waals surface area contributed by atoms with E-state index in [0.717, 1.165) is 40.9 Å². The highest BCUT2D eigenvalue weighted by atomic mass is 16.2. The lowest BCUT2D eigenvalue weighted by atomic mass is 9.98. The molecule has 4 N–H and O–H groups in total. The van der Waals surface area contributed by atoms with Gasteiger partial charge in [0.05, 0.1) is 17.1 Å². The number of aromatic amines is 2. The van der Waals surface area contributed by atoms with Gasteiger partial charge >= 0.3 is 0 Å². The molecule has 6 heteroatoms. The molecule has 0 saturated carbocycles. The molecule has 4 rings (SSSR count). The maximum Gasteiger partial charge on any atom is 0.241 e. The number of para-hydroxylation sites is 1. The van der Waals surface area contributed by atoms with Gasteiger partial charge in [0, 0.05) is 29.2 Å². The van der Waals surface area contributed by atoms with Crippen molar-refractivity contribution in [3.05, 3.63) is 60.0 Å². The van der Waals surface area contributed by atoms with Gasteiger partial charge in [-0.15, -0.1) is 0 Å². The van der Waals surface area contributed by atoms with Crippen molar-refractivity contribution in [1.82, 2.24) is 20.3 Å². The average molecular weight is 390 g/mol. The average Bonchev–Trinajstić information content (AvgIpc) is 3.32. The zero-order chi connectivity index (χ0) is 20.4. The molecule has 0 radical (unpaired) electrons. The molecule has 2 aromatic heterocycles. The summed E-state index contributed by atoms with van der Waals surface area (Å²) < 4.78 is 0. The van der Waals surface area contributed by atoms with E-state index in [1.165, 1.54) is 10.9 Å².